The summed E-state index contributed by atoms with van der Waals surface area (Å²) in [6.45, 7) is 2.55. The van der Waals surface area contributed by atoms with Crippen molar-refractivity contribution in [1.82, 2.24) is 15.1 Å². The highest BCUT2D eigenvalue weighted by molar-refractivity contribution is 5.29. The lowest BCUT2D eigenvalue weighted by Crippen LogP contribution is -2.24. The van der Waals surface area contributed by atoms with Crippen LogP contribution in [0, 0.1) is 11.6 Å². The van der Waals surface area contributed by atoms with Gasteiger partial charge in [0, 0.05) is 18.8 Å². The number of aryl methyl sites for hydroxylation is 1. The van der Waals surface area contributed by atoms with Crippen molar-refractivity contribution in [3.8, 4) is 0 Å². The Balaban J connectivity index is 2.44. The number of aromatic nitrogens is 2. The van der Waals surface area contributed by atoms with Crippen molar-refractivity contribution in [1.29, 1.82) is 0 Å². The second-order valence-electron chi connectivity index (χ2n) is 4.05. The number of nitrogens with one attached hydrogen (secondary N) is 1. The van der Waals surface area contributed by atoms with Gasteiger partial charge in [-0.1, -0.05) is 19.1 Å². The average Bonchev–Trinajstić information content (AvgIpc) is 2.77. The highest BCUT2D eigenvalue weighted by atomic mass is 19.2. The van der Waals surface area contributed by atoms with Gasteiger partial charge in [-0.05, 0) is 18.7 Å². The Hall–Kier alpha value is -1.75. The van der Waals surface area contributed by atoms with Crippen molar-refractivity contribution in [3.05, 3.63) is 53.4 Å². The summed E-state index contributed by atoms with van der Waals surface area (Å²) in [7, 11) is 1.79. The number of benzene rings is 1. The van der Waals surface area contributed by atoms with E-state index >= 15 is 0 Å². The van der Waals surface area contributed by atoms with E-state index in [1.807, 2.05) is 6.92 Å². The van der Waals surface area contributed by atoms with E-state index in [0.717, 1.165) is 6.07 Å². The molecule has 3 nitrogen and oxygen atoms in total. The molecule has 1 unspecified atom stereocenters. The van der Waals surface area contributed by atoms with E-state index in [2.05, 4.69) is 10.4 Å². The smallest absolute Gasteiger partial charge is 0.163 e. The minimum absolute atomic E-state index is 0.274. The van der Waals surface area contributed by atoms with Crippen molar-refractivity contribution < 1.29 is 8.78 Å². The maximum absolute atomic E-state index is 13.8. The van der Waals surface area contributed by atoms with Crippen molar-refractivity contribution in [2.45, 2.75) is 13.0 Å². The number of hydrogen-bond acceptors (Lipinski definition) is 2. The maximum Gasteiger partial charge on any atom is 0.163 e. The predicted octanol–water partition coefficient (Wildman–Crippen LogP) is 2.40. The number of hydrogen-bond donors (Lipinski definition) is 1. The number of halogens is 2. The fraction of sp³-hybridized carbons (Fsp3) is 0.308. The first-order valence-electron chi connectivity index (χ1n) is 5.80. The van der Waals surface area contributed by atoms with Gasteiger partial charge in [0.2, 0.25) is 0 Å². The van der Waals surface area contributed by atoms with Gasteiger partial charge in [0.05, 0.1) is 11.7 Å². The van der Waals surface area contributed by atoms with Gasteiger partial charge in [-0.2, -0.15) is 5.10 Å². The van der Waals surface area contributed by atoms with Crippen molar-refractivity contribution >= 4 is 0 Å². The Morgan fingerprint density at radius 1 is 1.33 bits per heavy atom. The lowest BCUT2D eigenvalue weighted by molar-refractivity contribution is 0.480. The number of nitrogens with zero attached hydrogens (tertiary/aromatic N) is 2. The van der Waals surface area contributed by atoms with Crippen molar-refractivity contribution in [2.75, 3.05) is 6.54 Å². The molecule has 1 heterocycles. The van der Waals surface area contributed by atoms with Crippen LogP contribution in [0.2, 0.25) is 0 Å². The SMILES string of the molecule is CCNC(c1ccn(C)n1)c1cccc(F)c1F. The topological polar surface area (TPSA) is 29.9 Å². The lowest BCUT2D eigenvalue weighted by atomic mass is 10.0. The van der Waals surface area contributed by atoms with E-state index in [0.29, 0.717) is 12.2 Å². The summed E-state index contributed by atoms with van der Waals surface area (Å²) in [5.74, 6) is -1.67. The van der Waals surface area contributed by atoms with Gasteiger partial charge in [-0.3, -0.25) is 4.68 Å². The first-order valence-corrected chi connectivity index (χ1v) is 5.80. The second-order valence-corrected chi connectivity index (χ2v) is 4.05. The molecule has 1 atom stereocenters. The van der Waals surface area contributed by atoms with Gasteiger partial charge < -0.3 is 5.32 Å². The standard InChI is InChI=1S/C13H15F2N3/c1-3-16-13(11-7-8-18(2)17-11)9-5-4-6-10(14)12(9)15/h4-8,13,16H,3H2,1-2H3. The lowest BCUT2D eigenvalue weighted by Gasteiger charge is -2.17. The van der Waals surface area contributed by atoms with Crippen LogP contribution in [0.3, 0.4) is 0 Å². The summed E-state index contributed by atoms with van der Waals surface area (Å²) in [5, 5.41) is 7.36. The van der Waals surface area contributed by atoms with E-state index in [1.165, 1.54) is 6.07 Å². The van der Waals surface area contributed by atoms with Gasteiger partial charge in [-0.15, -0.1) is 0 Å². The molecule has 2 aromatic rings. The molecule has 1 N–H and O–H groups in total. The predicted molar refractivity (Wildman–Crippen MR) is 65.1 cm³/mol. The van der Waals surface area contributed by atoms with E-state index in [1.54, 1.807) is 30.1 Å². The van der Waals surface area contributed by atoms with Crippen molar-refractivity contribution in [2.24, 2.45) is 7.05 Å². The Labute approximate surface area is 104 Å². The van der Waals surface area contributed by atoms with Crippen LogP contribution < -0.4 is 5.32 Å². The zero-order chi connectivity index (χ0) is 13.1. The van der Waals surface area contributed by atoms with Gasteiger partial charge in [0.15, 0.2) is 11.6 Å². The van der Waals surface area contributed by atoms with Gasteiger partial charge in [-0.25, -0.2) is 8.78 Å². The van der Waals surface area contributed by atoms with Gasteiger partial charge in [0.25, 0.3) is 0 Å². The summed E-state index contributed by atoms with van der Waals surface area (Å²) >= 11 is 0. The number of rotatable bonds is 4. The molecular weight excluding hydrogens is 236 g/mol. The van der Waals surface area contributed by atoms with Crippen LogP contribution in [0.25, 0.3) is 0 Å². The molecule has 0 saturated heterocycles. The summed E-state index contributed by atoms with van der Waals surface area (Å²) in [4.78, 5) is 0. The minimum atomic E-state index is -0.841. The zero-order valence-corrected chi connectivity index (χ0v) is 10.3. The summed E-state index contributed by atoms with van der Waals surface area (Å²) < 4.78 is 28.7. The molecule has 5 heteroatoms. The summed E-state index contributed by atoms with van der Waals surface area (Å²) in [6, 6.07) is 5.53. The fourth-order valence-electron chi connectivity index (χ4n) is 1.91. The van der Waals surface area contributed by atoms with E-state index in [9.17, 15) is 8.78 Å². The minimum Gasteiger partial charge on any atom is -0.305 e. The van der Waals surface area contributed by atoms with Gasteiger partial charge in [0.1, 0.15) is 0 Å². The molecule has 1 aromatic carbocycles. The Kier molecular flexibility index (Phi) is 3.72. The molecule has 0 aliphatic rings. The fourth-order valence-corrected chi connectivity index (χ4v) is 1.91. The molecular formula is C13H15F2N3. The zero-order valence-electron chi connectivity index (χ0n) is 10.3. The van der Waals surface area contributed by atoms with Crippen LogP contribution in [0.15, 0.2) is 30.5 Å². The third kappa shape index (κ3) is 2.41. The second kappa shape index (κ2) is 5.27. The highest BCUT2D eigenvalue weighted by Crippen LogP contribution is 2.24. The first kappa shape index (κ1) is 12.7. The quantitative estimate of drug-likeness (QED) is 0.904. The van der Waals surface area contributed by atoms with E-state index in [4.69, 9.17) is 0 Å². The molecule has 96 valence electrons. The molecule has 0 amide bonds. The van der Waals surface area contributed by atoms with E-state index < -0.39 is 17.7 Å². The summed E-state index contributed by atoms with van der Waals surface area (Å²) in [5.41, 5.74) is 0.944. The molecule has 0 fully saturated rings. The Morgan fingerprint density at radius 2 is 2.11 bits per heavy atom. The Morgan fingerprint density at radius 3 is 2.72 bits per heavy atom. The van der Waals surface area contributed by atoms with Crippen molar-refractivity contribution in [3.63, 3.8) is 0 Å². The molecule has 0 radical (unpaired) electrons. The van der Waals surface area contributed by atoms with Crippen LogP contribution in [0.1, 0.15) is 24.2 Å². The molecule has 1 aromatic heterocycles. The first-order chi connectivity index (χ1) is 8.63. The van der Waals surface area contributed by atoms with E-state index in [-0.39, 0.29) is 5.56 Å². The molecule has 0 bridgehead atoms. The largest absolute Gasteiger partial charge is 0.305 e. The molecule has 0 aliphatic heterocycles. The van der Waals surface area contributed by atoms with Crippen LogP contribution in [0.4, 0.5) is 8.78 Å². The Bertz CT molecular complexity index is 537. The van der Waals surface area contributed by atoms with Crippen LogP contribution in [-0.4, -0.2) is 16.3 Å². The average molecular weight is 251 g/mol. The van der Waals surface area contributed by atoms with Crippen LogP contribution in [0.5, 0.6) is 0 Å². The summed E-state index contributed by atoms with van der Waals surface area (Å²) in [6.07, 6.45) is 1.77. The molecule has 0 saturated carbocycles. The van der Waals surface area contributed by atoms with Gasteiger partial charge >= 0.3 is 0 Å². The monoisotopic (exact) mass is 251 g/mol. The molecule has 2 rings (SSSR count). The third-order valence-corrected chi connectivity index (χ3v) is 2.73. The highest BCUT2D eigenvalue weighted by Gasteiger charge is 2.20. The molecule has 0 spiro atoms. The van der Waals surface area contributed by atoms with Crippen LogP contribution >= 0.6 is 0 Å². The maximum atomic E-state index is 13.8. The third-order valence-electron chi connectivity index (χ3n) is 2.73. The molecule has 18 heavy (non-hydrogen) atoms. The van der Waals surface area contributed by atoms with Crippen LogP contribution in [-0.2, 0) is 7.05 Å². The molecule has 0 aliphatic carbocycles. The normalized spacial score (nSPS) is 12.7.